The van der Waals surface area contributed by atoms with E-state index in [1.54, 1.807) is 6.07 Å². The van der Waals surface area contributed by atoms with Crippen molar-refractivity contribution in [2.24, 2.45) is 0 Å². The number of ether oxygens (including phenoxy) is 1. The number of nitrogen functional groups attached to an aromatic ring is 1. The summed E-state index contributed by atoms with van der Waals surface area (Å²) in [5, 5.41) is 0. The summed E-state index contributed by atoms with van der Waals surface area (Å²) in [6.07, 6.45) is 0.633. The predicted octanol–water partition coefficient (Wildman–Crippen LogP) is 4.50. The molecule has 0 saturated carbocycles. The molecule has 2 aromatic heterocycles. The smallest absolute Gasteiger partial charge is 0.270 e. The number of amides is 1. The van der Waals surface area contributed by atoms with Crippen molar-refractivity contribution in [3.8, 4) is 0 Å². The van der Waals surface area contributed by atoms with Crippen LogP contribution in [-0.4, -0.2) is 26.8 Å². The number of anilines is 1. The lowest BCUT2D eigenvalue weighted by Gasteiger charge is -2.28. The topological polar surface area (TPSA) is 84.2 Å². The van der Waals surface area contributed by atoms with Crippen LogP contribution in [0.5, 0.6) is 0 Å². The summed E-state index contributed by atoms with van der Waals surface area (Å²) in [7, 11) is 0. The first-order valence-electron chi connectivity index (χ1n) is 9.62. The van der Waals surface area contributed by atoms with Gasteiger partial charge in [-0.2, -0.15) is 0 Å². The molecule has 0 bridgehead atoms. The zero-order valence-corrected chi connectivity index (χ0v) is 18.7. The maximum absolute atomic E-state index is 14.4. The molecule has 0 saturated heterocycles. The Morgan fingerprint density at radius 1 is 1.30 bits per heavy atom. The molecule has 4 rings (SSSR count). The first kappa shape index (κ1) is 21.0. The molecule has 3 heterocycles. The predicted molar refractivity (Wildman–Crippen MR) is 118 cm³/mol. The molecule has 1 atom stereocenters. The third kappa shape index (κ3) is 3.64. The lowest BCUT2D eigenvalue weighted by molar-refractivity contribution is 0.0662. The normalized spacial score (nSPS) is 14.2. The second-order valence-electron chi connectivity index (χ2n) is 7.43. The number of hydrogen-bond donors (Lipinski definition) is 2. The lowest BCUT2D eigenvalue weighted by Crippen LogP contribution is -2.38. The molecule has 0 radical (unpaired) electrons. The Morgan fingerprint density at radius 3 is 2.63 bits per heavy atom. The van der Waals surface area contributed by atoms with Gasteiger partial charge in [-0.15, -0.1) is 0 Å². The molecular formula is C21H21F2IN4O2. The highest BCUT2D eigenvalue weighted by Gasteiger charge is 2.27. The lowest BCUT2D eigenvalue weighted by atomic mass is 10.1. The van der Waals surface area contributed by atoms with Crippen molar-refractivity contribution in [3.05, 3.63) is 55.8 Å². The van der Waals surface area contributed by atoms with Gasteiger partial charge in [0.15, 0.2) is 0 Å². The van der Waals surface area contributed by atoms with Crippen molar-refractivity contribution >= 4 is 45.3 Å². The molecule has 1 aromatic carbocycles. The Balaban J connectivity index is 1.73. The maximum atomic E-state index is 14.4. The van der Waals surface area contributed by atoms with E-state index in [9.17, 15) is 13.6 Å². The molecule has 3 N–H and O–H groups in total. The summed E-state index contributed by atoms with van der Waals surface area (Å²) >= 11 is 1.86. The van der Waals surface area contributed by atoms with Gasteiger partial charge in [0.2, 0.25) is 0 Å². The van der Waals surface area contributed by atoms with Crippen LogP contribution in [0.15, 0.2) is 18.2 Å². The number of nitrogens with zero attached hydrogens (tertiary/aromatic N) is 2. The summed E-state index contributed by atoms with van der Waals surface area (Å²) in [5.74, 6) is -1.30. The average Bonchev–Trinajstić information content (AvgIpc) is 3.33. The second-order valence-corrected chi connectivity index (χ2v) is 8.67. The zero-order chi connectivity index (χ0) is 21.6. The molecular weight excluding hydrogens is 505 g/mol. The van der Waals surface area contributed by atoms with E-state index in [4.69, 9.17) is 10.5 Å². The summed E-state index contributed by atoms with van der Waals surface area (Å²) in [5.41, 5.74) is 9.17. The fraction of sp³-hybridized carbons (Fsp3) is 0.333. The van der Waals surface area contributed by atoms with E-state index in [-0.39, 0.29) is 24.1 Å². The van der Waals surface area contributed by atoms with Crippen LogP contribution in [0.3, 0.4) is 0 Å². The fourth-order valence-electron chi connectivity index (χ4n) is 3.65. The van der Waals surface area contributed by atoms with Gasteiger partial charge in [-0.05, 0) is 54.1 Å². The van der Waals surface area contributed by atoms with Crippen LogP contribution in [0.25, 0.3) is 11.0 Å². The van der Waals surface area contributed by atoms with Gasteiger partial charge < -0.3 is 20.4 Å². The first-order valence-corrected chi connectivity index (χ1v) is 10.7. The van der Waals surface area contributed by atoms with E-state index in [1.165, 1.54) is 17.0 Å². The van der Waals surface area contributed by atoms with Gasteiger partial charge in [-0.1, -0.05) is 6.92 Å². The number of aromatic amines is 1. The average molecular weight is 526 g/mol. The Kier molecular flexibility index (Phi) is 5.67. The van der Waals surface area contributed by atoms with Gasteiger partial charge >= 0.3 is 0 Å². The maximum Gasteiger partial charge on any atom is 0.270 e. The van der Waals surface area contributed by atoms with Crippen LogP contribution < -0.4 is 5.73 Å². The Labute approximate surface area is 185 Å². The van der Waals surface area contributed by atoms with Crippen LogP contribution in [0.1, 0.15) is 47.4 Å². The number of hydrogen-bond acceptors (Lipinski definition) is 4. The van der Waals surface area contributed by atoms with Crippen molar-refractivity contribution in [2.45, 2.75) is 46.1 Å². The fourth-order valence-corrected chi connectivity index (χ4v) is 4.20. The molecule has 0 aliphatic carbocycles. The summed E-state index contributed by atoms with van der Waals surface area (Å²) < 4.78 is 34.8. The Hall–Kier alpha value is -2.27. The van der Waals surface area contributed by atoms with Crippen LogP contribution in [0, 0.1) is 15.2 Å². The third-order valence-electron chi connectivity index (χ3n) is 5.55. The van der Waals surface area contributed by atoms with Crippen molar-refractivity contribution < 1.29 is 18.3 Å². The van der Waals surface area contributed by atoms with Gasteiger partial charge in [0, 0.05) is 26.3 Å². The number of carbonyl (C=O) groups is 1. The molecule has 9 heteroatoms. The van der Waals surface area contributed by atoms with Crippen molar-refractivity contribution in [3.63, 3.8) is 0 Å². The standard InChI is InChI=1S/C21H21F2IN4O2/c1-3-10(2)28(7-12-15(22)4-11(24)5-16(12)23)21(29)18-6-17-19(26-18)13-8-30-9-14(13)20(25)27-17/h4-6,10,26H,3,7-9H2,1-2H3,(H2,25,27)/t10-/m1/s1. The monoisotopic (exact) mass is 526 g/mol. The molecule has 6 nitrogen and oxygen atoms in total. The first-order chi connectivity index (χ1) is 14.3. The minimum absolute atomic E-state index is 0.128. The number of pyridine rings is 1. The van der Waals surface area contributed by atoms with E-state index in [1.807, 2.05) is 36.4 Å². The van der Waals surface area contributed by atoms with Gasteiger partial charge in [0.1, 0.15) is 23.1 Å². The number of benzene rings is 1. The van der Waals surface area contributed by atoms with Crippen LogP contribution in [0.2, 0.25) is 0 Å². The molecule has 158 valence electrons. The van der Waals surface area contributed by atoms with Crippen LogP contribution in [-0.2, 0) is 24.5 Å². The largest absolute Gasteiger partial charge is 0.383 e. The summed E-state index contributed by atoms with van der Waals surface area (Å²) in [4.78, 5) is 22.3. The summed E-state index contributed by atoms with van der Waals surface area (Å²) in [6, 6.07) is 3.92. The van der Waals surface area contributed by atoms with Gasteiger partial charge in [-0.25, -0.2) is 13.8 Å². The second kappa shape index (κ2) is 8.10. The van der Waals surface area contributed by atoms with Crippen LogP contribution in [0.4, 0.5) is 14.6 Å². The number of nitrogens with two attached hydrogens (primary N) is 1. The van der Waals surface area contributed by atoms with E-state index < -0.39 is 11.6 Å². The Morgan fingerprint density at radius 2 is 1.97 bits per heavy atom. The number of H-pyrrole nitrogens is 1. The highest BCUT2D eigenvalue weighted by atomic mass is 127. The number of fused-ring (bicyclic) bond motifs is 3. The molecule has 30 heavy (non-hydrogen) atoms. The number of rotatable bonds is 5. The molecule has 0 unspecified atom stereocenters. The van der Waals surface area contributed by atoms with E-state index in [0.717, 1.165) is 11.1 Å². The third-order valence-corrected chi connectivity index (χ3v) is 6.18. The van der Waals surface area contributed by atoms with Crippen LogP contribution >= 0.6 is 22.6 Å². The molecule has 3 aromatic rings. The van der Waals surface area contributed by atoms with Crippen molar-refractivity contribution in [1.82, 2.24) is 14.9 Å². The minimum atomic E-state index is -0.665. The molecule has 1 aliphatic rings. The zero-order valence-electron chi connectivity index (χ0n) is 16.6. The molecule has 1 aliphatic heterocycles. The molecule has 0 fully saturated rings. The number of nitrogens with one attached hydrogen (secondary N) is 1. The Bertz CT molecular complexity index is 1120. The SMILES string of the molecule is CC[C@@H](C)N(Cc1c(F)cc(I)cc1F)C(=O)c1cc2nc(N)c3c(c2[nH]1)COC3. The van der Waals surface area contributed by atoms with E-state index >= 15 is 0 Å². The summed E-state index contributed by atoms with van der Waals surface area (Å²) in [6.45, 7) is 4.38. The van der Waals surface area contributed by atoms with Gasteiger partial charge in [0.05, 0.1) is 30.8 Å². The molecule has 1 amide bonds. The highest BCUT2D eigenvalue weighted by molar-refractivity contribution is 14.1. The highest BCUT2D eigenvalue weighted by Crippen LogP contribution is 2.31. The number of aromatic nitrogens is 2. The van der Waals surface area contributed by atoms with Gasteiger partial charge in [0.25, 0.3) is 5.91 Å². The number of halogens is 3. The molecule has 0 spiro atoms. The van der Waals surface area contributed by atoms with Crippen molar-refractivity contribution in [2.75, 3.05) is 5.73 Å². The number of carbonyl (C=O) groups excluding carboxylic acids is 1. The quantitative estimate of drug-likeness (QED) is 0.480. The van der Waals surface area contributed by atoms with Crippen molar-refractivity contribution in [1.29, 1.82) is 0 Å². The van der Waals surface area contributed by atoms with Gasteiger partial charge in [-0.3, -0.25) is 4.79 Å². The van der Waals surface area contributed by atoms with E-state index in [0.29, 0.717) is 45.7 Å². The minimum Gasteiger partial charge on any atom is -0.383 e. The van der Waals surface area contributed by atoms with E-state index in [2.05, 4.69) is 9.97 Å².